The zero-order valence-corrected chi connectivity index (χ0v) is 14.9. The molecule has 2 N–H and O–H groups in total. The molecule has 0 saturated heterocycles. The number of amides is 2. The third-order valence-electron chi connectivity index (χ3n) is 3.98. The molecular weight excluding hydrogens is 349 g/mol. The van der Waals surface area contributed by atoms with E-state index in [1.165, 1.54) is 24.3 Å². The van der Waals surface area contributed by atoms with Crippen LogP contribution in [-0.4, -0.2) is 33.4 Å². The molecule has 1 heterocycles. The Labute approximate surface area is 155 Å². The quantitative estimate of drug-likeness (QED) is 0.670. The van der Waals surface area contributed by atoms with Crippen molar-refractivity contribution in [2.75, 3.05) is 11.9 Å². The maximum absolute atomic E-state index is 12.8. The van der Waals surface area contributed by atoms with Crippen LogP contribution in [0.3, 0.4) is 0 Å². The number of hydrogen-bond donors (Lipinski definition) is 2. The number of aromatic nitrogens is 3. The normalized spacial score (nSPS) is 10.7. The molecule has 0 fully saturated rings. The Morgan fingerprint density at radius 1 is 1.15 bits per heavy atom. The van der Waals surface area contributed by atoms with Gasteiger partial charge in [-0.15, -0.1) is 5.10 Å². The molecule has 0 bridgehead atoms. The Balaban J connectivity index is 1.52. The summed E-state index contributed by atoms with van der Waals surface area (Å²) in [5, 5.41) is 13.5. The molecule has 0 unspecified atom stereocenters. The van der Waals surface area contributed by atoms with Crippen LogP contribution in [0.15, 0.2) is 42.5 Å². The van der Waals surface area contributed by atoms with E-state index in [4.69, 9.17) is 0 Å². The zero-order chi connectivity index (χ0) is 19.2. The minimum atomic E-state index is -0.369. The molecule has 3 rings (SSSR count). The highest BCUT2D eigenvalue weighted by molar-refractivity contribution is 5.97. The van der Waals surface area contributed by atoms with Crippen molar-refractivity contribution in [1.82, 2.24) is 20.3 Å². The number of nitrogens with zero attached hydrogens (tertiary/aromatic N) is 3. The van der Waals surface area contributed by atoms with Crippen LogP contribution >= 0.6 is 0 Å². The fourth-order valence-electron chi connectivity index (χ4n) is 2.64. The average molecular weight is 369 g/mol. The van der Waals surface area contributed by atoms with E-state index in [2.05, 4.69) is 27.9 Å². The average Bonchev–Trinajstić information content (AvgIpc) is 3.06. The van der Waals surface area contributed by atoms with Gasteiger partial charge in [0.1, 0.15) is 11.3 Å². The molecule has 3 aromatic rings. The van der Waals surface area contributed by atoms with E-state index in [-0.39, 0.29) is 30.6 Å². The summed E-state index contributed by atoms with van der Waals surface area (Å²) in [6.45, 7) is 3.01. The largest absolute Gasteiger partial charge is 0.352 e. The Hall–Kier alpha value is -3.29. The number of nitrogens with one attached hydrogen (secondary N) is 2. The van der Waals surface area contributed by atoms with Gasteiger partial charge in [0, 0.05) is 30.8 Å². The molecule has 0 aliphatic heterocycles. The van der Waals surface area contributed by atoms with Gasteiger partial charge in [-0.05, 0) is 48.9 Å². The van der Waals surface area contributed by atoms with E-state index in [1.54, 1.807) is 16.8 Å². The topological polar surface area (TPSA) is 88.9 Å². The van der Waals surface area contributed by atoms with Gasteiger partial charge in [0.2, 0.25) is 5.91 Å². The number of halogens is 1. The minimum Gasteiger partial charge on any atom is -0.352 e. The Morgan fingerprint density at radius 3 is 2.67 bits per heavy atom. The standard InChI is InChI=1S/C19H20FN5O2/c1-2-11-25-17-8-3-13(12-16(17)23-24-25)19(27)21-10-9-18(26)22-15-6-4-14(20)5-7-15/h3-8,12H,2,9-11H2,1H3,(H,21,27)(H,22,26). The maximum Gasteiger partial charge on any atom is 0.251 e. The molecule has 0 atom stereocenters. The Kier molecular flexibility index (Phi) is 5.75. The van der Waals surface area contributed by atoms with Crippen molar-refractivity contribution in [3.8, 4) is 0 Å². The summed E-state index contributed by atoms with van der Waals surface area (Å²) in [7, 11) is 0. The number of anilines is 1. The number of rotatable bonds is 7. The van der Waals surface area contributed by atoms with Gasteiger partial charge in [0.25, 0.3) is 5.91 Å². The van der Waals surface area contributed by atoms with Crippen LogP contribution in [0.5, 0.6) is 0 Å². The molecule has 0 aliphatic rings. The molecule has 2 amide bonds. The van der Waals surface area contributed by atoms with Crippen LogP contribution in [0.25, 0.3) is 11.0 Å². The highest BCUT2D eigenvalue weighted by atomic mass is 19.1. The van der Waals surface area contributed by atoms with Crippen molar-refractivity contribution in [3.63, 3.8) is 0 Å². The molecule has 2 aromatic carbocycles. The first-order valence-corrected chi connectivity index (χ1v) is 8.73. The van der Waals surface area contributed by atoms with Gasteiger partial charge in [-0.1, -0.05) is 12.1 Å². The van der Waals surface area contributed by atoms with Crippen LogP contribution in [-0.2, 0) is 11.3 Å². The van der Waals surface area contributed by atoms with E-state index < -0.39 is 0 Å². The summed E-state index contributed by atoms with van der Waals surface area (Å²) in [6.07, 6.45) is 1.05. The number of aryl methyl sites for hydroxylation is 1. The van der Waals surface area contributed by atoms with E-state index in [0.717, 1.165) is 18.5 Å². The lowest BCUT2D eigenvalue weighted by molar-refractivity contribution is -0.116. The van der Waals surface area contributed by atoms with Crippen LogP contribution in [0, 0.1) is 5.82 Å². The molecule has 1 aromatic heterocycles. The summed E-state index contributed by atoms with van der Waals surface area (Å²) in [6, 6.07) is 10.7. The number of fused-ring (bicyclic) bond motifs is 1. The smallest absolute Gasteiger partial charge is 0.251 e. The van der Waals surface area contributed by atoms with E-state index >= 15 is 0 Å². The molecule has 140 valence electrons. The van der Waals surface area contributed by atoms with Crippen LogP contribution in [0.4, 0.5) is 10.1 Å². The maximum atomic E-state index is 12.8. The number of hydrogen-bond acceptors (Lipinski definition) is 4. The zero-order valence-electron chi connectivity index (χ0n) is 14.9. The first-order chi connectivity index (χ1) is 13.1. The summed E-state index contributed by atoms with van der Waals surface area (Å²) in [4.78, 5) is 24.1. The Bertz CT molecular complexity index is 952. The van der Waals surface area contributed by atoms with Crippen molar-refractivity contribution >= 4 is 28.5 Å². The van der Waals surface area contributed by atoms with Gasteiger partial charge >= 0.3 is 0 Å². The van der Waals surface area contributed by atoms with Crippen LogP contribution in [0.2, 0.25) is 0 Å². The van der Waals surface area contributed by atoms with Gasteiger partial charge in [0.05, 0.1) is 5.52 Å². The number of carbonyl (C=O) groups is 2. The van der Waals surface area contributed by atoms with Crippen molar-refractivity contribution in [2.24, 2.45) is 0 Å². The predicted octanol–water partition coefficient (Wildman–Crippen LogP) is 2.74. The first-order valence-electron chi connectivity index (χ1n) is 8.73. The van der Waals surface area contributed by atoms with Crippen LogP contribution in [0.1, 0.15) is 30.1 Å². The van der Waals surface area contributed by atoms with Crippen molar-refractivity contribution < 1.29 is 14.0 Å². The molecule has 0 saturated carbocycles. The minimum absolute atomic E-state index is 0.109. The lowest BCUT2D eigenvalue weighted by Gasteiger charge is -2.07. The number of carbonyl (C=O) groups excluding carboxylic acids is 2. The number of benzene rings is 2. The van der Waals surface area contributed by atoms with Crippen molar-refractivity contribution in [3.05, 3.63) is 53.8 Å². The first kappa shape index (κ1) is 18.5. The third kappa shape index (κ3) is 4.66. The van der Waals surface area contributed by atoms with Gasteiger partial charge in [-0.3, -0.25) is 9.59 Å². The molecule has 0 radical (unpaired) electrons. The molecule has 0 spiro atoms. The van der Waals surface area contributed by atoms with Gasteiger partial charge in [0.15, 0.2) is 0 Å². The summed E-state index contributed by atoms with van der Waals surface area (Å²) < 4.78 is 14.6. The summed E-state index contributed by atoms with van der Waals surface area (Å²) >= 11 is 0. The van der Waals surface area contributed by atoms with Crippen molar-refractivity contribution in [1.29, 1.82) is 0 Å². The highest BCUT2D eigenvalue weighted by Crippen LogP contribution is 2.14. The molecule has 8 heteroatoms. The third-order valence-corrected chi connectivity index (χ3v) is 3.98. The van der Waals surface area contributed by atoms with E-state index in [9.17, 15) is 14.0 Å². The predicted molar refractivity (Wildman–Crippen MR) is 99.8 cm³/mol. The summed E-state index contributed by atoms with van der Waals surface area (Å²) in [5.41, 5.74) is 2.51. The van der Waals surface area contributed by atoms with Gasteiger partial charge < -0.3 is 10.6 Å². The van der Waals surface area contributed by atoms with Crippen molar-refractivity contribution in [2.45, 2.75) is 26.3 Å². The van der Waals surface area contributed by atoms with Gasteiger partial charge in [-0.25, -0.2) is 9.07 Å². The lowest BCUT2D eigenvalue weighted by Crippen LogP contribution is -2.27. The monoisotopic (exact) mass is 369 g/mol. The second kappa shape index (κ2) is 8.39. The van der Waals surface area contributed by atoms with E-state index in [1.807, 2.05) is 6.07 Å². The molecule has 27 heavy (non-hydrogen) atoms. The van der Waals surface area contributed by atoms with Crippen LogP contribution < -0.4 is 10.6 Å². The Morgan fingerprint density at radius 2 is 1.93 bits per heavy atom. The van der Waals surface area contributed by atoms with Gasteiger partial charge in [-0.2, -0.15) is 0 Å². The van der Waals surface area contributed by atoms with E-state index in [0.29, 0.717) is 16.8 Å². The SMILES string of the molecule is CCCn1nnc2cc(C(=O)NCCC(=O)Nc3ccc(F)cc3)ccc21. The highest BCUT2D eigenvalue weighted by Gasteiger charge is 2.10. The molecule has 0 aliphatic carbocycles. The molecular formula is C19H20FN5O2. The fraction of sp³-hybridized carbons (Fsp3) is 0.263. The summed E-state index contributed by atoms with van der Waals surface area (Å²) in [5.74, 6) is -0.914. The molecule has 7 nitrogen and oxygen atoms in total. The fourth-order valence-corrected chi connectivity index (χ4v) is 2.64. The lowest BCUT2D eigenvalue weighted by atomic mass is 10.2. The second-order valence-electron chi connectivity index (χ2n) is 6.08. The second-order valence-corrected chi connectivity index (χ2v) is 6.08.